The fraction of sp³-hybridized carbons (Fsp3) is 0.643. The predicted octanol–water partition coefficient (Wildman–Crippen LogP) is -0.0923. The molecule has 0 amide bonds. The smallest absolute Gasteiger partial charge is 0.0377 e. The van der Waals surface area contributed by atoms with Crippen LogP contribution in [0.15, 0.2) is 24.5 Å². The van der Waals surface area contributed by atoms with Gasteiger partial charge in [0.05, 0.1) is 0 Å². The zero-order chi connectivity index (χ0) is 12.2. The maximum atomic E-state index is 6.62. The molecule has 2 N–H and O–H groups in total. The fourth-order valence-electron chi connectivity index (χ4n) is 4.24. The lowest BCUT2D eigenvalue weighted by Crippen LogP contribution is -2.69. The number of fused-ring (bicyclic) bond motifs is 1. The molecule has 4 nitrogen and oxygen atoms in total. The zero-order valence-corrected chi connectivity index (χ0v) is 10.6. The van der Waals surface area contributed by atoms with Gasteiger partial charge in [-0.2, -0.15) is 0 Å². The third-order valence-electron chi connectivity index (χ3n) is 5.11. The maximum absolute atomic E-state index is 6.62. The van der Waals surface area contributed by atoms with Gasteiger partial charge in [-0.25, -0.2) is 0 Å². The Kier molecular flexibility index (Phi) is 2.28. The lowest BCUT2D eigenvalue weighted by Gasteiger charge is -2.54. The van der Waals surface area contributed by atoms with Crippen LogP contribution in [0.2, 0.25) is 0 Å². The van der Waals surface area contributed by atoms with E-state index in [4.69, 9.17) is 5.73 Å². The normalized spacial score (nSPS) is 46.1. The highest BCUT2D eigenvalue weighted by Crippen LogP contribution is 2.41. The summed E-state index contributed by atoms with van der Waals surface area (Å²) in [7, 11) is 0. The standard InChI is InChI=1S/C14H20N4/c15-13-11-7-17-4-5-18(8-11)10-14(13,9-17)12-2-1-3-16-6-12/h1-3,6,11,13H,4-5,7-10,15H2. The molecular weight excluding hydrogens is 224 g/mol. The minimum Gasteiger partial charge on any atom is -0.326 e. The van der Waals surface area contributed by atoms with E-state index in [1.54, 1.807) is 0 Å². The molecule has 4 aliphatic rings. The van der Waals surface area contributed by atoms with E-state index in [0.29, 0.717) is 5.92 Å². The van der Waals surface area contributed by atoms with Gasteiger partial charge in [-0.3, -0.25) is 4.98 Å². The van der Waals surface area contributed by atoms with E-state index in [1.165, 1.54) is 31.7 Å². The molecule has 4 heteroatoms. The van der Waals surface area contributed by atoms with Crippen molar-refractivity contribution in [2.45, 2.75) is 11.5 Å². The van der Waals surface area contributed by atoms with Crippen LogP contribution in [0.25, 0.3) is 0 Å². The monoisotopic (exact) mass is 244 g/mol. The van der Waals surface area contributed by atoms with E-state index in [2.05, 4.69) is 20.9 Å². The number of hydrogen-bond acceptors (Lipinski definition) is 4. The Labute approximate surface area is 108 Å². The summed E-state index contributed by atoms with van der Waals surface area (Å²) in [6, 6.07) is 4.54. The van der Waals surface area contributed by atoms with Gasteiger partial charge in [0.2, 0.25) is 0 Å². The molecule has 5 heterocycles. The number of nitrogens with two attached hydrogens (primary N) is 1. The summed E-state index contributed by atoms with van der Waals surface area (Å²) < 4.78 is 0. The highest BCUT2D eigenvalue weighted by Gasteiger charge is 2.53. The molecular formula is C14H20N4. The summed E-state index contributed by atoms with van der Waals surface area (Å²) in [5, 5.41) is 0. The predicted molar refractivity (Wildman–Crippen MR) is 70.3 cm³/mol. The van der Waals surface area contributed by atoms with Gasteiger partial charge in [0, 0.05) is 69.0 Å². The van der Waals surface area contributed by atoms with Crippen LogP contribution in [0.5, 0.6) is 0 Å². The Morgan fingerprint density at radius 1 is 1.22 bits per heavy atom. The van der Waals surface area contributed by atoms with Crippen LogP contribution < -0.4 is 5.73 Å². The number of aromatic nitrogens is 1. The second-order valence-corrected chi connectivity index (χ2v) is 6.15. The van der Waals surface area contributed by atoms with Crippen molar-refractivity contribution < 1.29 is 0 Å². The van der Waals surface area contributed by atoms with Crippen LogP contribution in [0.3, 0.4) is 0 Å². The molecule has 3 atom stereocenters. The lowest BCUT2D eigenvalue weighted by atomic mass is 9.65. The van der Waals surface area contributed by atoms with Crippen molar-refractivity contribution in [3.8, 4) is 0 Å². The van der Waals surface area contributed by atoms with Crippen LogP contribution >= 0.6 is 0 Å². The SMILES string of the molecule is NC1C2CN3CCN(C2)CC1(c1cccnc1)C3. The van der Waals surface area contributed by atoms with Crippen molar-refractivity contribution in [2.24, 2.45) is 11.7 Å². The van der Waals surface area contributed by atoms with E-state index in [1.807, 2.05) is 18.5 Å². The van der Waals surface area contributed by atoms with Crippen molar-refractivity contribution in [3.63, 3.8) is 0 Å². The zero-order valence-electron chi connectivity index (χ0n) is 10.6. The lowest BCUT2D eigenvalue weighted by molar-refractivity contribution is 0.0352. The molecule has 1 aromatic heterocycles. The third kappa shape index (κ3) is 1.40. The van der Waals surface area contributed by atoms with Gasteiger partial charge in [-0.05, 0) is 11.6 Å². The highest BCUT2D eigenvalue weighted by molar-refractivity contribution is 5.30. The molecule has 4 bridgehead atoms. The second-order valence-electron chi connectivity index (χ2n) is 6.15. The quantitative estimate of drug-likeness (QED) is 0.750. The molecule has 4 fully saturated rings. The number of hydrogen-bond donors (Lipinski definition) is 1. The molecule has 5 rings (SSSR count). The molecule has 0 spiro atoms. The van der Waals surface area contributed by atoms with Crippen LogP contribution in [0, 0.1) is 5.92 Å². The first kappa shape index (κ1) is 10.9. The summed E-state index contributed by atoms with van der Waals surface area (Å²) in [4.78, 5) is 9.52. The topological polar surface area (TPSA) is 45.4 Å². The van der Waals surface area contributed by atoms with Crippen molar-refractivity contribution in [2.75, 3.05) is 39.3 Å². The van der Waals surface area contributed by atoms with Gasteiger partial charge in [-0.15, -0.1) is 0 Å². The third-order valence-corrected chi connectivity index (χ3v) is 5.11. The van der Waals surface area contributed by atoms with Crippen LogP contribution in [0.1, 0.15) is 5.56 Å². The number of piperidine rings is 2. The molecule has 0 saturated carbocycles. The minimum atomic E-state index is 0.103. The highest BCUT2D eigenvalue weighted by atomic mass is 15.3. The van der Waals surface area contributed by atoms with E-state index < -0.39 is 0 Å². The first-order valence-electron chi connectivity index (χ1n) is 6.89. The van der Waals surface area contributed by atoms with Crippen molar-refractivity contribution in [1.29, 1.82) is 0 Å². The van der Waals surface area contributed by atoms with E-state index in [9.17, 15) is 0 Å². The number of nitrogens with zero attached hydrogens (tertiary/aromatic N) is 3. The first-order valence-corrected chi connectivity index (χ1v) is 6.89. The van der Waals surface area contributed by atoms with Gasteiger partial charge < -0.3 is 15.5 Å². The Hall–Kier alpha value is -0.970. The molecule has 4 saturated heterocycles. The van der Waals surface area contributed by atoms with Crippen molar-refractivity contribution in [1.82, 2.24) is 14.8 Å². The number of pyridine rings is 1. The minimum absolute atomic E-state index is 0.103. The molecule has 0 aliphatic carbocycles. The summed E-state index contributed by atoms with van der Waals surface area (Å²) in [6.07, 6.45) is 3.87. The van der Waals surface area contributed by atoms with Crippen LogP contribution in [0.4, 0.5) is 0 Å². The van der Waals surface area contributed by atoms with Gasteiger partial charge in [0.15, 0.2) is 0 Å². The largest absolute Gasteiger partial charge is 0.326 e. The average Bonchev–Trinajstić information content (AvgIpc) is 2.65. The van der Waals surface area contributed by atoms with E-state index >= 15 is 0 Å². The molecule has 96 valence electrons. The van der Waals surface area contributed by atoms with E-state index in [0.717, 1.165) is 13.1 Å². The molecule has 3 unspecified atom stereocenters. The Morgan fingerprint density at radius 2 is 1.94 bits per heavy atom. The molecule has 0 aromatic carbocycles. The Morgan fingerprint density at radius 3 is 2.56 bits per heavy atom. The Balaban J connectivity index is 1.83. The Bertz CT molecular complexity index is 430. The molecule has 0 radical (unpaired) electrons. The van der Waals surface area contributed by atoms with Gasteiger partial charge in [0.1, 0.15) is 0 Å². The number of rotatable bonds is 1. The molecule has 4 aliphatic heterocycles. The molecule has 18 heavy (non-hydrogen) atoms. The van der Waals surface area contributed by atoms with Crippen LogP contribution in [-0.4, -0.2) is 60.1 Å². The fourth-order valence-corrected chi connectivity index (χ4v) is 4.24. The van der Waals surface area contributed by atoms with Gasteiger partial charge >= 0.3 is 0 Å². The van der Waals surface area contributed by atoms with Crippen LogP contribution in [-0.2, 0) is 5.41 Å². The summed E-state index contributed by atoms with van der Waals surface area (Å²) in [5.41, 5.74) is 8.06. The van der Waals surface area contributed by atoms with Gasteiger partial charge in [0.25, 0.3) is 0 Å². The van der Waals surface area contributed by atoms with E-state index in [-0.39, 0.29) is 11.5 Å². The maximum Gasteiger partial charge on any atom is 0.0377 e. The van der Waals surface area contributed by atoms with Crippen molar-refractivity contribution >= 4 is 0 Å². The molecule has 1 aromatic rings. The second kappa shape index (κ2) is 3.76. The van der Waals surface area contributed by atoms with Gasteiger partial charge in [-0.1, -0.05) is 6.07 Å². The summed E-state index contributed by atoms with van der Waals surface area (Å²) >= 11 is 0. The average molecular weight is 244 g/mol. The first-order chi connectivity index (χ1) is 8.78. The summed E-state index contributed by atoms with van der Waals surface area (Å²) in [6.45, 7) is 6.97. The van der Waals surface area contributed by atoms with Crippen molar-refractivity contribution in [3.05, 3.63) is 30.1 Å². The summed E-state index contributed by atoms with van der Waals surface area (Å²) in [5.74, 6) is 0.621.